The predicted octanol–water partition coefficient (Wildman–Crippen LogP) is 0.952. The van der Waals surface area contributed by atoms with Gasteiger partial charge in [-0.1, -0.05) is 13.8 Å². The van der Waals surface area contributed by atoms with Crippen LogP contribution in [0.15, 0.2) is 0 Å². The summed E-state index contributed by atoms with van der Waals surface area (Å²) in [7, 11) is -2.44. The van der Waals surface area contributed by atoms with Crippen LogP contribution in [0.3, 0.4) is 0 Å². The lowest BCUT2D eigenvalue weighted by atomic mass is 10.6. The molecule has 0 aromatic heterocycles. The lowest BCUT2D eigenvalue weighted by Crippen LogP contribution is -2.24. The van der Waals surface area contributed by atoms with Gasteiger partial charge in [0.1, 0.15) is 0 Å². The minimum atomic E-state index is -2.44. The van der Waals surface area contributed by atoms with Gasteiger partial charge in [0.25, 0.3) is 0 Å². The van der Waals surface area contributed by atoms with Crippen molar-refractivity contribution in [2.75, 3.05) is 19.8 Å². The molecule has 0 fully saturated rings. The fourth-order valence-electron chi connectivity index (χ4n) is 0.537. The van der Waals surface area contributed by atoms with Crippen molar-refractivity contribution in [1.82, 2.24) is 4.90 Å². The van der Waals surface area contributed by atoms with Gasteiger partial charge in [0, 0.05) is 4.57 Å². The molecule has 0 rings (SSSR count). The quantitative estimate of drug-likeness (QED) is 0.488. The minimum absolute atomic E-state index is 0.235. The second-order valence-electron chi connectivity index (χ2n) is 1.80. The first kappa shape index (κ1) is 9.98. The van der Waals surface area contributed by atoms with Gasteiger partial charge in [-0.05, 0) is 13.1 Å². The molecule has 0 radical (unpaired) electrons. The summed E-state index contributed by atoms with van der Waals surface area (Å²) in [5.41, 5.74) is 0. The van der Waals surface area contributed by atoms with Crippen LogP contribution in [-0.2, 0) is 9.09 Å². The first-order valence-electron chi connectivity index (χ1n) is 3.22. The smallest absolute Gasteiger partial charge is 0.277 e. The molecule has 0 aliphatic carbocycles. The second-order valence-corrected chi connectivity index (χ2v) is 2.53. The monoisotopic (exact) mass is 166 g/mol. The van der Waals surface area contributed by atoms with E-state index in [1.165, 1.54) is 0 Å². The van der Waals surface area contributed by atoms with Gasteiger partial charge >= 0.3 is 8.25 Å². The molecular weight excluding hydrogens is 153 g/mol. The number of hydrogen-bond acceptors (Lipinski definition) is 3. The maximum absolute atomic E-state index is 10.0. The fourth-order valence-corrected chi connectivity index (χ4v) is 0.799. The molecule has 60 valence electrons. The molecule has 0 saturated heterocycles. The van der Waals surface area contributed by atoms with Crippen molar-refractivity contribution in [1.29, 1.82) is 0 Å². The van der Waals surface area contributed by atoms with E-state index in [4.69, 9.17) is 4.89 Å². The Hall–Kier alpha value is -0.0200. The van der Waals surface area contributed by atoms with E-state index in [2.05, 4.69) is 4.52 Å². The van der Waals surface area contributed by atoms with Crippen LogP contribution in [0.4, 0.5) is 0 Å². The third-order valence-corrected chi connectivity index (χ3v) is 1.58. The summed E-state index contributed by atoms with van der Waals surface area (Å²) in [6, 6.07) is 0. The van der Waals surface area contributed by atoms with Crippen LogP contribution < -0.4 is 0 Å². The van der Waals surface area contributed by atoms with E-state index in [1.807, 2.05) is 18.7 Å². The average Bonchev–Trinajstić information content (AvgIpc) is 1.90. The molecule has 0 saturated carbocycles. The molecule has 0 aliphatic rings. The Morgan fingerprint density at radius 3 is 2.30 bits per heavy atom. The van der Waals surface area contributed by atoms with E-state index < -0.39 is 8.25 Å². The highest BCUT2D eigenvalue weighted by Gasteiger charge is 2.13. The topological polar surface area (TPSA) is 49.8 Å². The van der Waals surface area contributed by atoms with Crippen LogP contribution in [0.5, 0.6) is 0 Å². The van der Waals surface area contributed by atoms with Crippen molar-refractivity contribution >= 4 is 8.25 Å². The molecule has 0 amide bonds. The first-order valence-corrected chi connectivity index (χ1v) is 4.35. The van der Waals surface area contributed by atoms with Gasteiger partial charge in [0.05, 0.1) is 0 Å². The van der Waals surface area contributed by atoms with Crippen molar-refractivity contribution in [2.24, 2.45) is 0 Å². The predicted molar refractivity (Wildman–Crippen MR) is 38.7 cm³/mol. The van der Waals surface area contributed by atoms with Gasteiger partial charge in [-0.25, -0.2) is 0 Å². The molecule has 0 bridgehead atoms. The van der Waals surface area contributed by atoms with Crippen LogP contribution in [-0.4, -0.2) is 29.6 Å². The molecule has 0 aliphatic heterocycles. The third kappa shape index (κ3) is 4.82. The zero-order valence-corrected chi connectivity index (χ0v) is 7.17. The van der Waals surface area contributed by atoms with Crippen molar-refractivity contribution in [3.05, 3.63) is 0 Å². The summed E-state index contributed by atoms with van der Waals surface area (Å²) in [5.74, 6) is 0. The Balaban J connectivity index is 3.34. The Bertz CT molecular complexity index is 105. The number of hydrogen-bond donors (Lipinski definition) is 1. The maximum atomic E-state index is 10.0. The second kappa shape index (κ2) is 5.74. The van der Waals surface area contributed by atoms with Gasteiger partial charge in [-0.3, -0.25) is 4.90 Å². The van der Waals surface area contributed by atoms with E-state index >= 15 is 0 Å². The van der Waals surface area contributed by atoms with Gasteiger partial charge in [0.2, 0.25) is 0 Å². The maximum Gasteiger partial charge on any atom is 0.696 e. The largest absolute Gasteiger partial charge is 0.696 e. The van der Waals surface area contributed by atoms with Crippen LogP contribution in [0.2, 0.25) is 0 Å². The summed E-state index contributed by atoms with van der Waals surface area (Å²) < 4.78 is 14.5. The molecule has 0 spiro atoms. The van der Waals surface area contributed by atoms with Crippen molar-refractivity contribution in [3.8, 4) is 0 Å². The first-order chi connectivity index (χ1) is 4.70. The van der Waals surface area contributed by atoms with E-state index in [0.29, 0.717) is 0 Å². The Kier molecular flexibility index (Phi) is 5.73. The lowest BCUT2D eigenvalue weighted by Gasteiger charge is -2.12. The van der Waals surface area contributed by atoms with Crippen LogP contribution in [0, 0.1) is 0 Å². The summed E-state index contributed by atoms with van der Waals surface area (Å²) in [4.78, 5) is 10.2. The number of nitrogens with zero attached hydrogens (tertiary/aromatic N) is 1. The molecule has 0 aromatic rings. The molecule has 4 nitrogen and oxygen atoms in total. The standard InChI is InChI=1S/C5H12NO3P/c1-3-6(4-2)5-9-10(7)8/h3-5H2,1-2H3/p+1. The third-order valence-electron chi connectivity index (χ3n) is 1.25. The van der Waals surface area contributed by atoms with Gasteiger partial charge in [0.15, 0.2) is 6.73 Å². The summed E-state index contributed by atoms with van der Waals surface area (Å²) in [6.45, 7) is 5.84. The summed E-state index contributed by atoms with van der Waals surface area (Å²) >= 11 is 0. The molecule has 1 unspecified atom stereocenters. The Morgan fingerprint density at radius 1 is 1.50 bits per heavy atom. The van der Waals surface area contributed by atoms with E-state index in [9.17, 15) is 4.57 Å². The van der Waals surface area contributed by atoms with Crippen molar-refractivity contribution < 1.29 is 14.0 Å². The molecule has 0 aromatic carbocycles. The molecule has 1 N–H and O–H groups in total. The van der Waals surface area contributed by atoms with E-state index in [-0.39, 0.29) is 6.73 Å². The van der Waals surface area contributed by atoms with Gasteiger partial charge < -0.3 is 0 Å². The van der Waals surface area contributed by atoms with Crippen molar-refractivity contribution in [2.45, 2.75) is 13.8 Å². The highest BCUT2D eigenvalue weighted by molar-refractivity contribution is 7.32. The molecule has 10 heavy (non-hydrogen) atoms. The zero-order chi connectivity index (χ0) is 7.98. The normalized spacial score (nSPS) is 12.2. The van der Waals surface area contributed by atoms with Crippen LogP contribution in [0.25, 0.3) is 0 Å². The highest BCUT2D eigenvalue weighted by Crippen LogP contribution is 2.14. The van der Waals surface area contributed by atoms with Gasteiger partial charge in [-0.15, -0.1) is 9.42 Å². The average molecular weight is 166 g/mol. The van der Waals surface area contributed by atoms with Crippen LogP contribution in [0.1, 0.15) is 13.8 Å². The SMILES string of the molecule is CCN(CC)CO[P+](=O)O. The molecule has 5 heteroatoms. The lowest BCUT2D eigenvalue weighted by molar-refractivity contribution is 0.132. The fraction of sp³-hybridized carbons (Fsp3) is 1.00. The van der Waals surface area contributed by atoms with Crippen LogP contribution >= 0.6 is 8.25 Å². The number of rotatable bonds is 5. The zero-order valence-electron chi connectivity index (χ0n) is 6.28. The molecule has 1 atom stereocenters. The Morgan fingerprint density at radius 2 is 2.00 bits per heavy atom. The minimum Gasteiger partial charge on any atom is -0.277 e. The highest BCUT2D eigenvalue weighted by atomic mass is 31.1. The molecular formula is C5H13NO3P+. The molecule has 0 heterocycles. The summed E-state index contributed by atoms with van der Waals surface area (Å²) in [5, 5.41) is 0. The van der Waals surface area contributed by atoms with Crippen molar-refractivity contribution in [3.63, 3.8) is 0 Å². The van der Waals surface area contributed by atoms with E-state index in [0.717, 1.165) is 13.1 Å². The van der Waals surface area contributed by atoms with Gasteiger partial charge in [-0.2, -0.15) is 0 Å². The van der Waals surface area contributed by atoms with E-state index in [1.54, 1.807) is 0 Å². The summed E-state index contributed by atoms with van der Waals surface area (Å²) in [6.07, 6.45) is 0. The Labute approximate surface area is 61.7 Å².